The summed E-state index contributed by atoms with van der Waals surface area (Å²) in [5.74, 6) is -5.43. The molecule has 4 nitrogen and oxygen atoms in total. The maximum atomic E-state index is 14.7. The van der Waals surface area contributed by atoms with Crippen molar-refractivity contribution in [3.63, 3.8) is 0 Å². The third kappa shape index (κ3) is 3.78. The van der Waals surface area contributed by atoms with Crippen LogP contribution in [0.2, 0.25) is 0 Å². The van der Waals surface area contributed by atoms with Crippen LogP contribution in [0, 0.1) is 5.92 Å². The molecule has 3 rings (SSSR count). The lowest BCUT2D eigenvalue weighted by atomic mass is 9.67. The van der Waals surface area contributed by atoms with Gasteiger partial charge in [-0.15, -0.1) is 0 Å². The van der Waals surface area contributed by atoms with Gasteiger partial charge in [0.1, 0.15) is 17.1 Å². The molecule has 0 spiro atoms. The van der Waals surface area contributed by atoms with E-state index in [1.54, 1.807) is 0 Å². The minimum Gasteiger partial charge on any atom is -0.508 e. The van der Waals surface area contributed by atoms with Crippen molar-refractivity contribution in [1.29, 1.82) is 0 Å². The van der Waals surface area contributed by atoms with Gasteiger partial charge in [-0.3, -0.25) is 0 Å². The molecule has 28 heavy (non-hydrogen) atoms. The van der Waals surface area contributed by atoms with Crippen molar-refractivity contribution in [1.82, 2.24) is 0 Å². The molecule has 0 aromatic heterocycles. The summed E-state index contributed by atoms with van der Waals surface area (Å²) in [5, 5.41) is 11.1. The number of ether oxygens (including phenoxy) is 2. The van der Waals surface area contributed by atoms with Gasteiger partial charge >= 0.3 is 11.9 Å². The second-order valence-electron chi connectivity index (χ2n) is 8.07. The van der Waals surface area contributed by atoms with Crippen LogP contribution in [0.15, 0.2) is 23.8 Å². The van der Waals surface area contributed by atoms with E-state index in [-0.39, 0.29) is 29.9 Å². The molecule has 0 saturated heterocycles. The lowest BCUT2D eigenvalue weighted by Crippen LogP contribution is -2.45. The fourth-order valence-corrected chi connectivity index (χ4v) is 4.40. The lowest BCUT2D eigenvalue weighted by molar-refractivity contribution is -0.173. The highest BCUT2D eigenvalue weighted by molar-refractivity contribution is 9.09. The Morgan fingerprint density at radius 3 is 2.82 bits per heavy atom. The van der Waals surface area contributed by atoms with Crippen molar-refractivity contribution in [2.24, 2.45) is 5.92 Å². The van der Waals surface area contributed by atoms with Crippen LogP contribution < -0.4 is 4.74 Å². The van der Waals surface area contributed by atoms with E-state index in [2.05, 4.69) is 26.7 Å². The Bertz CT molecular complexity index is 804. The summed E-state index contributed by atoms with van der Waals surface area (Å²) in [6.45, 7) is 5.79. The predicted octanol–water partition coefficient (Wildman–Crippen LogP) is 5.42. The largest absolute Gasteiger partial charge is 0.508 e. The van der Waals surface area contributed by atoms with Gasteiger partial charge in [-0.1, -0.05) is 27.6 Å². The van der Waals surface area contributed by atoms with Gasteiger partial charge in [-0.05, 0) is 52.2 Å². The summed E-state index contributed by atoms with van der Waals surface area (Å²) in [5.41, 5.74) is 0.550. The topological polar surface area (TPSA) is 55.8 Å². The second-order valence-corrected chi connectivity index (χ2v) is 8.86. The number of carbonyl (C=O) groups is 1. The van der Waals surface area contributed by atoms with Gasteiger partial charge in [-0.25, -0.2) is 4.79 Å². The van der Waals surface area contributed by atoms with Gasteiger partial charge in [0, 0.05) is 28.3 Å². The molecular formula is C21H25BrF2O4. The van der Waals surface area contributed by atoms with E-state index in [1.165, 1.54) is 11.6 Å². The number of phenols is 1. The normalized spacial score (nSPS) is 23.1. The maximum absolute atomic E-state index is 14.7. The first-order chi connectivity index (χ1) is 13.1. The molecule has 1 aliphatic heterocycles. The van der Waals surface area contributed by atoms with E-state index in [4.69, 9.17) is 4.74 Å². The van der Waals surface area contributed by atoms with E-state index < -0.39 is 23.1 Å². The number of alkyl halides is 3. The Balaban J connectivity index is 1.98. The smallest absolute Gasteiger partial charge is 0.381 e. The number of esters is 1. The molecule has 154 valence electrons. The van der Waals surface area contributed by atoms with E-state index in [0.29, 0.717) is 17.3 Å². The highest BCUT2D eigenvalue weighted by atomic mass is 79.9. The number of halogens is 3. The first kappa shape index (κ1) is 21.1. The molecule has 1 aromatic carbocycles. The molecule has 7 heteroatoms. The number of phenolic OH excluding ortho intramolecular Hbond substituents is 1. The minimum atomic E-state index is -3.87. The molecule has 0 fully saturated rings. The van der Waals surface area contributed by atoms with Crippen LogP contribution in [0.4, 0.5) is 8.78 Å². The summed E-state index contributed by atoms with van der Waals surface area (Å²) in [6.07, 6.45) is 4.15. The summed E-state index contributed by atoms with van der Waals surface area (Å²) in [6, 6.07) is 2.14. The first-order valence-corrected chi connectivity index (χ1v) is 10.5. The first-order valence-electron chi connectivity index (χ1n) is 9.41. The van der Waals surface area contributed by atoms with Gasteiger partial charge in [0.2, 0.25) is 0 Å². The minimum absolute atomic E-state index is 0.0164. The average Bonchev–Trinajstić information content (AvgIpc) is 2.60. The summed E-state index contributed by atoms with van der Waals surface area (Å²) in [4.78, 5) is 11.9. The fraction of sp³-hybridized carbons (Fsp3) is 0.571. The van der Waals surface area contributed by atoms with Gasteiger partial charge in [-0.2, -0.15) is 8.78 Å². The quantitative estimate of drug-likeness (QED) is 0.277. The third-order valence-electron chi connectivity index (χ3n) is 5.63. The zero-order valence-corrected chi connectivity index (χ0v) is 17.8. The van der Waals surface area contributed by atoms with Crippen molar-refractivity contribution in [2.45, 2.75) is 57.5 Å². The molecule has 2 unspecified atom stereocenters. The zero-order valence-electron chi connectivity index (χ0n) is 16.2. The van der Waals surface area contributed by atoms with Crippen molar-refractivity contribution >= 4 is 21.9 Å². The monoisotopic (exact) mass is 458 g/mol. The number of allylic oxidation sites excluding steroid dienone is 2. The zero-order chi connectivity index (χ0) is 20.7. The number of rotatable bonds is 5. The fourth-order valence-electron chi connectivity index (χ4n) is 4.17. The highest BCUT2D eigenvalue weighted by Gasteiger charge is 2.48. The highest BCUT2D eigenvalue weighted by Crippen LogP contribution is 2.55. The van der Waals surface area contributed by atoms with E-state index in [0.717, 1.165) is 18.9 Å². The Kier molecular flexibility index (Phi) is 5.76. The van der Waals surface area contributed by atoms with E-state index in [9.17, 15) is 18.7 Å². The molecule has 2 aliphatic rings. The summed E-state index contributed by atoms with van der Waals surface area (Å²) >= 11 is 3.16. The molecule has 2 atom stereocenters. The molecular weight excluding hydrogens is 434 g/mol. The number of benzene rings is 1. The van der Waals surface area contributed by atoms with Crippen LogP contribution in [0.3, 0.4) is 0 Å². The van der Waals surface area contributed by atoms with Gasteiger partial charge in [0.25, 0.3) is 0 Å². The van der Waals surface area contributed by atoms with Crippen molar-refractivity contribution in [3.8, 4) is 11.5 Å². The molecule has 1 aromatic rings. The van der Waals surface area contributed by atoms with Gasteiger partial charge in [0.05, 0.1) is 6.61 Å². The third-order valence-corrected chi connectivity index (χ3v) is 6.20. The molecule has 0 radical (unpaired) electrons. The number of carbonyl (C=O) groups excluding carboxylic acids is 1. The van der Waals surface area contributed by atoms with Gasteiger partial charge in [0.15, 0.2) is 0 Å². The second kappa shape index (κ2) is 7.65. The Morgan fingerprint density at radius 2 is 2.14 bits per heavy atom. The van der Waals surface area contributed by atoms with Crippen LogP contribution in [0.5, 0.6) is 11.5 Å². The predicted molar refractivity (Wildman–Crippen MR) is 105 cm³/mol. The number of hydrogen-bond donors (Lipinski definition) is 1. The molecule has 0 saturated carbocycles. The summed E-state index contributed by atoms with van der Waals surface area (Å²) in [7, 11) is 0. The summed E-state index contributed by atoms with van der Waals surface area (Å²) < 4.78 is 40.0. The van der Waals surface area contributed by atoms with Crippen molar-refractivity contribution in [3.05, 3.63) is 34.9 Å². The van der Waals surface area contributed by atoms with Crippen LogP contribution in [0.25, 0.3) is 0 Å². The standard InChI is InChI=1S/C21H25BrF2O4/c1-12-5-6-15-14(9-12)18-16(25)10-13(11-17(18)28-20(15,2)3)21(23,24)19(26)27-8-4-7-22/h5,10-11,14-15,25H,4,6-9H2,1-3H3. The van der Waals surface area contributed by atoms with Crippen LogP contribution in [-0.2, 0) is 15.5 Å². The van der Waals surface area contributed by atoms with Crippen LogP contribution in [0.1, 0.15) is 57.1 Å². The number of fused-ring (bicyclic) bond motifs is 3. The number of hydrogen-bond acceptors (Lipinski definition) is 4. The molecule has 1 heterocycles. The van der Waals surface area contributed by atoms with Crippen LogP contribution >= 0.6 is 15.9 Å². The average molecular weight is 459 g/mol. The van der Waals surface area contributed by atoms with Crippen LogP contribution in [-0.4, -0.2) is 28.6 Å². The Labute approximate surface area is 172 Å². The molecule has 0 amide bonds. The van der Waals surface area contributed by atoms with Gasteiger partial charge < -0.3 is 14.6 Å². The van der Waals surface area contributed by atoms with E-state index in [1.807, 2.05) is 20.8 Å². The lowest BCUT2D eigenvalue weighted by Gasteiger charge is -2.47. The molecule has 1 aliphatic carbocycles. The Morgan fingerprint density at radius 1 is 1.43 bits per heavy atom. The van der Waals surface area contributed by atoms with Crippen molar-refractivity contribution in [2.75, 3.05) is 11.9 Å². The molecule has 0 bridgehead atoms. The molecule has 1 N–H and O–H groups in total. The number of aromatic hydroxyl groups is 1. The SMILES string of the molecule is CC1=CCC2C(C1)c1c(O)cc(C(F)(F)C(=O)OCCCBr)cc1OC2(C)C. The Hall–Kier alpha value is -1.63. The van der Waals surface area contributed by atoms with E-state index >= 15 is 0 Å². The van der Waals surface area contributed by atoms with Crippen molar-refractivity contribution < 1.29 is 28.2 Å². The maximum Gasteiger partial charge on any atom is 0.381 e.